The van der Waals surface area contributed by atoms with Gasteiger partial charge in [0, 0.05) is 6.42 Å². The van der Waals surface area contributed by atoms with Crippen molar-refractivity contribution in [2.24, 2.45) is 17.8 Å². The molecule has 25 heavy (non-hydrogen) atoms. The summed E-state index contributed by atoms with van der Waals surface area (Å²) in [5.74, 6) is 0.657. The van der Waals surface area contributed by atoms with Crippen LogP contribution in [-0.2, 0) is 25.5 Å². The van der Waals surface area contributed by atoms with E-state index in [1.165, 1.54) is 6.42 Å². The third-order valence-electron chi connectivity index (χ3n) is 5.06. The number of hydrogen-bond acceptors (Lipinski definition) is 4. The van der Waals surface area contributed by atoms with E-state index >= 15 is 0 Å². The molecule has 4 heteroatoms. The molecule has 1 aromatic rings. The highest BCUT2D eigenvalue weighted by Gasteiger charge is 2.33. The van der Waals surface area contributed by atoms with Crippen LogP contribution >= 0.6 is 0 Å². The first kappa shape index (κ1) is 19.5. The summed E-state index contributed by atoms with van der Waals surface area (Å²) in [4.78, 5) is 23.9. The molecule has 3 atom stereocenters. The molecule has 4 nitrogen and oxygen atoms in total. The maximum atomic E-state index is 12.1. The van der Waals surface area contributed by atoms with Crippen molar-refractivity contribution >= 4 is 11.9 Å². The Morgan fingerprint density at radius 3 is 2.52 bits per heavy atom. The molecule has 0 saturated heterocycles. The lowest BCUT2D eigenvalue weighted by Crippen LogP contribution is -2.36. The number of hydrogen-bond donors (Lipinski definition) is 0. The second-order valence-corrected chi connectivity index (χ2v) is 7.50. The van der Waals surface area contributed by atoms with Crippen LogP contribution in [0.4, 0.5) is 0 Å². The fourth-order valence-electron chi connectivity index (χ4n) is 3.56. The molecule has 0 spiro atoms. The van der Waals surface area contributed by atoms with E-state index in [1.54, 1.807) is 0 Å². The summed E-state index contributed by atoms with van der Waals surface area (Å²) in [5.41, 5.74) is 1.08. The molecule has 1 aromatic carbocycles. The van der Waals surface area contributed by atoms with Crippen molar-refractivity contribution in [2.75, 3.05) is 6.61 Å². The number of benzene rings is 1. The van der Waals surface area contributed by atoms with Crippen LogP contribution < -0.4 is 0 Å². The van der Waals surface area contributed by atoms with Crippen molar-refractivity contribution in [3.63, 3.8) is 0 Å². The Kier molecular flexibility index (Phi) is 7.48. The summed E-state index contributed by atoms with van der Waals surface area (Å²) in [6.07, 6.45) is 4.01. The first-order valence-corrected chi connectivity index (χ1v) is 9.34. The van der Waals surface area contributed by atoms with Crippen LogP contribution in [0.2, 0.25) is 0 Å². The normalized spacial score (nSPS) is 23.3. The summed E-state index contributed by atoms with van der Waals surface area (Å²) in [7, 11) is 0. The number of esters is 2. The lowest BCUT2D eigenvalue weighted by Gasteiger charge is -2.36. The largest absolute Gasteiger partial charge is 0.460 e. The van der Waals surface area contributed by atoms with Gasteiger partial charge in [0.25, 0.3) is 0 Å². The Morgan fingerprint density at radius 1 is 1.12 bits per heavy atom. The quantitative estimate of drug-likeness (QED) is 0.696. The van der Waals surface area contributed by atoms with E-state index in [-0.39, 0.29) is 25.1 Å². The molecule has 0 N–H and O–H groups in total. The highest BCUT2D eigenvalue weighted by Crippen LogP contribution is 2.35. The molecule has 0 radical (unpaired) electrons. The molecule has 0 bridgehead atoms. The minimum absolute atomic E-state index is 0.0562. The highest BCUT2D eigenvalue weighted by molar-refractivity contribution is 5.76. The lowest BCUT2D eigenvalue weighted by molar-refractivity contribution is -0.167. The molecule has 1 fully saturated rings. The molecule has 0 heterocycles. The van der Waals surface area contributed by atoms with Gasteiger partial charge in [-0.15, -0.1) is 0 Å². The standard InChI is InChI=1S/C21H30O4/c1-15(2)18-11-9-16(3)13-19(18)25-21(23)14-24-20(22)12-10-17-7-5-4-6-8-17/h4-8,15-16,18-19H,9-14H2,1-3H3/t16-,18-,19-/m1/s1. The van der Waals surface area contributed by atoms with Gasteiger partial charge in [-0.25, -0.2) is 4.79 Å². The predicted octanol–water partition coefficient (Wildman–Crippen LogP) is 4.17. The Bertz CT molecular complexity index is 552. The molecule has 0 aliphatic heterocycles. The van der Waals surface area contributed by atoms with Crippen LogP contribution in [0, 0.1) is 17.8 Å². The third kappa shape index (κ3) is 6.52. The van der Waals surface area contributed by atoms with Gasteiger partial charge >= 0.3 is 11.9 Å². The molecule has 1 aliphatic rings. The monoisotopic (exact) mass is 346 g/mol. The van der Waals surface area contributed by atoms with E-state index in [0.717, 1.165) is 18.4 Å². The first-order valence-electron chi connectivity index (χ1n) is 9.34. The molecule has 0 amide bonds. The summed E-state index contributed by atoms with van der Waals surface area (Å²) >= 11 is 0. The van der Waals surface area contributed by atoms with Gasteiger partial charge in [0.2, 0.25) is 0 Å². The van der Waals surface area contributed by atoms with E-state index in [9.17, 15) is 9.59 Å². The van der Waals surface area contributed by atoms with E-state index in [4.69, 9.17) is 9.47 Å². The van der Waals surface area contributed by atoms with Gasteiger partial charge in [0.1, 0.15) is 6.10 Å². The number of ether oxygens (including phenoxy) is 2. The van der Waals surface area contributed by atoms with Gasteiger partial charge < -0.3 is 9.47 Å². The number of aryl methyl sites for hydroxylation is 1. The summed E-state index contributed by atoms with van der Waals surface area (Å²) in [6, 6.07) is 9.76. The SMILES string of the molecule is CC(C)[C@H]1CC[C@@H](C)C[C@H]1OC(=O)COC(=O)CCc1ccccc1. The van der Waals surface area contributed by atoms with Crippen LogP contribution in [0.15, 0.2) is 30.3 Å². The molecule has 1 aliphatic carbocycles. The first-order chi connectivity index (χ1) is 12.0. The van der Waals surface area contributed by atoms with Crippen molar-refractivity contribution < 1.29 is 19.1 Å². The number of rotatable bonds is 7. The maximum absolute atomic E-state index is 12.1. The summed E-state index contributed by atoms with van der Waals surface area (Å²) < 4.78 is 10.7. The molecule has 1 saturated carbocycles. The van der Waals surface area contributed by atoms with Gasteiger partial charge in [0.15, 0.2) is 6.61 Å². The number of carbonyl (C=O) groups excluding carboxylic acids is 2. The number of carbonyl (C=O) groups is 2. The maximum Gasteiger partial charge on any atom is 0.344 e. The van der Waals surface area contributed by atoms with Crippen molar-refractivity contribution in [1.82, 2.24) is 0 Å². The van der Waals surface area contributed by atoms with Gasteiger partial charge in [0.05, 0.1) is 0 Å². The summed E-state index contributed by atoms with van der Waals surface area (Å²) in [6.45, 7) is 6.25. The molecule has 2 rings (SSSR count). The highest BCUT2D eigenvalue weighted by atomic mass is 16.6. The van der Waals surface area contributed by atoms with Crippen LogP contribution in [0.1, 0.15) is 52.0 Å². The minimum Gasteiger partial charge on any atom is -0.460 e. The second kappa shape index (κ2) is 9.59. The van der Waals surface area contributed by atoms with Gasteiger partial charge in [-0.3, -0.25) is 4.79 Å². The van der Waals surface area contributed by atoms with E-state index in [0.29, 0.717) is 24.2 Å². The van der Waals surface area contributed by atoms with Crippen LogP contribution in [0.25, 0.3) is 0 Å². The van der Waals surface area contributed by atoms with Crippen LogP contribution in [0.5, 0.6) is 0 Å². The van der Waals surface area contributed by atoms with Crippen molar-refractivity contribution in [3.8, 4) is 0 Å². The smallest absolute Gasteiger partial charge is 0.344 e. The Balaban J connectivity index is 1.72. The summed E-state index contributed by atoms with van der Waals surface area (Å²) in [5, 5.41) is 0. The lowest BCUT2D eigenvalue weighted by atomic mass is 9.75. The van der Waals surface area contributed by atoms with Gasteiger partial charge in [-0.1, -0.05) is 57.5 Å². The topological polar surface area (TPSA) is 52.6 Å². The zero-order valence-corrected chi connectivity index (χ0v) is 15.6. The Labute approximate surface area is 150 Å². The fourth-order valence-corrected chi connectivity index (χ4v) is 3.56. The minimum atomic E-state index is -0.433. The van der Waals surface area contributed by atoms with Crippen LogP contribution in [-0.4, -0.2) is 24.6 Å². The zero-order valence-electron chi connectivity index (χ0n) is 15.6. The second-order valence-electron chi connectivity index (χ2n) is 7.50. The Hall–Kier alpha value is -1.84. The Morgan fingerprint density at radius 2 is 1.84 bits per heavy atom. The van der Waals surface area contributed by atoms with Crippen molar-refractivity contribution in [2.45, 2.75) is 59.0 Å². The van der Waals surface area contributed by atoms with Gasteiger partial charge in [-0.2, -0.15) is 0 Å². The molecule has 0 aromatic heterocycles. The molecule has 0 unspecified atom stereocenters. The van der Waals surface area contributed by atoms with E-state index in [2.05, 4.69) is 20.8 Å². The molecular weight excluding hydrogens is 316 g/mol. The molecular formula is C21H30O4. The average molecular weight is 346 g/mol. The van der Waals surface area contributed by atoms with E-state index < -0.39 is 5.97 Å². The van der Waals surface area contributed by atoms with Gasteiger partial charge in [-0.05, 0) is 42.6 Å². The predicted molar refractivity (Wildman–Crippen MR) is 96.9 cm³/mol. The average Bonchev–Trinajstić information content (AvgIpc) is 2.59. The van der Waals surface area contributed by atoms with Crippen molar-refractivity contribution in [3.05, 3.63) is 35.9 Å². The fraction of sp³-hybridized carbons (Fsp3) is 0.619. The van der Waals surface area contributed by atoms with Crippen LogP contribution in [0.3, 0.4) is 0 Å². The van der Waals surface area contributed by atoms with E-state index in [1.807, 2.05) is 30.3 Å². The zero-order chi connectivity index (χ0) is 18.2. The third-order valence-corrected chi connectivity index (χ3v) is 5.06. The molecule has 138 valence electrons. The van der Waals surface area contributed by atoms with Crippen molar-refractivity contribution in [1.29, 1.82) is 0 Å².